The van der Waals surface area contributed by atoms with Crippen LogP contribution in [0.1, 0.15) is 75.0 Å². The SMILES string of the molecule is Cc1ncsc1-c1ccc([C@@H](NC(=O)[C@@H]2C[C@@H](O)CN2C(=O)[C@@H](n2cc(C3CC3)nn2)C(C)(C)C)C(F)(F)F)cc1. The zero-order valence-electron chi connectivity index (χ0n) is 23.2. The molecule has 41 heavy (non-hydrogen) atoms. The summed E-state index contributed by atoms with van der Waals surface area (Å²) in [5.41, 5.74) is 3.15. The number of nitrogens with one attached hydrogen (secondary N) is 1. The molecule has 1 aliphatic heterocycles. The Morgan fingerprint density at radius 1 is 1.15 bits per heavy atom. The predicted octanol–water partition coefficient (Wildman–Crippen LogP) is 4.56. The lowest BCUT2D eigenvalue weighted by molar-refractivity contribution is -0.165. The normalized spacial score (nSPS) is 21.1. The molecule has 1 aromatic carbocycles. The van der Waals surface area contributed by atoms with Gasteiger partial charge in [-0.05, 0) is 36.3 Å². The number of aliphatic hydroxyl groups excluding tert-OH is 1. The number of aromatic nitrogens is 4. The molecule has 2 aliphatic rings. The molecule has 1 saturated heterocycles. The van der Waals surface area contributed by atoms with Crippen molar-refractivity contribution in [2.45, 2.75) is 83.3 Å². The highest BCUT2D eigenvalue weighted by molar-refractivity contribution is 7.13. The number of rotatable bonds is 7. The van der Waals surface area contributed by atoms with Crippen LogP contribution in [-0.2, 0) is 9.59 Å². The van der Waals surface area contributed by atoms with Gasteiger partial charge < -0.3 is 15.3 Å². The van der Waals surface area contributed by atoms with E-state index in [0.717, 1.165) is 34.7 Å². The first-order chi connectivity index (χ1) is 19.2. The first-order valence-electron chi connectivity index (χ1n) is 13.5. The molecule has 2 amide bonds. The maximum Gasteiger partial charge on any atom is 0.412 e. The quantitative estimate of drug-likeness (QED) is 0.417. The van der Waals surface area contributed by atoms with E-state index >= 15 is 0 Å². The van der Waals surface area contributed by atoms with E-state index in [0.29, 0.717) is 5.92 Å². The molecule has 2 fully saturated rings. The van der Waals surface area contributed by atoms with Gasteiger partial charge in [-0.1, -0.05) is 50.3 Å². The first kappa shape index (κ1) is 29.2. The Morgan fingerprint density at radius 2 is 1.83 bits per heavy atom. The molecule has 2 N–H and O–H groups in total. The summed E-state index contributed by atoms with van der Waals surface area (Å²) in [4.78, 5) is 33.5. The molecule has 2 aromatic heterocycles. The molecular formula is C28H33F3N6O3S. The zero-order chi connectivity index (χ0) is 29.7. The Labute approximate surface area is 239 Å². The van der Waals surface area contributed by atoms with Gasteiger partial charge in [-0.25, -0.2) is 9.67 Å². The Kier molecular flexibility index (Phi) is 7.70. The van der Waals surface area contributed by atoms with Gasteiger partial charge in [0.2, 0.25) is 11.8 Å². The first-order valence-corrected chi connectivity index (χ1v) is 14.4. The summed E-state index contributed by atoms with van der Waals surface area (Å²) in [6, 6.07) is 1.35. The number of amides is 2. The highest BCUT2D eigenvalue weighted by Crippen LogP contribution is 2.41. The molecule has 9 nitrogen and oxygen atoms in total. The third kappa shape index (κ3) is 6.15. The van der Waals surface area contributed by atoms with Gasteiger partial charge in [0.25, 0.3) is 0 Å². The van der Waals surface area contributed by atoms with Crippen LogP contribution < -0.4 is 5.32 Å². The average molecular weight is 591 g/mol. The summed E-state index contributed by atoms with van der Waals surface area (Å²) >= 11 is 1.39. The van der Waals surface area contributed by atoms with Gasteiger partial charge in [0, 0.05) is 25.1 Å². The van der Waals surface area contributed by atoms with E-state index in [1.54, 1.807) is 23.8 Å². The molecule has 0 bridgehead atoms. The van der Waals surface area contributed by atoms with Crippen LogP contribution in [0.15, 0.2) is 36.0 Å². The third-order valence-corrected chi connectivity index (χ3v) is 8.55. The van der Waals surface area contributed by atoms with Crippen LogP contribution in [0.4, 0.5) is 13.2 Å². The van der Waals surface area contributed by atoms with Crippen molar-refractivity contribution in [1.29, 1.82) is 0 Å². The Bertz CT molecular complexity index is 1410. The molecule has 5 rings (SSSR count). The van der Waals surface area contributed by atoms with Crippen molar-refractivity contribution in [1.82, 2.24) is 30.2 Å². The molecule has 0 spiro atoms. The van der Waals surface area contributed by atoms with E-state index in [1.807, 2.05) is 27.7 Å². The van der Waals surface area contributed by atoms with Crippen LogP contribution in [-0.4, -0.2) is 66.7 Å². The lowest BCUT2D eigenvalue weighted by Gasteiger charge is -2.35. The summed E-state index contributed by atoms with van der Waals surface area (Å²) in [5.74, 6) is -1.18. The van der Waals surface area contributed by atoms with Crippen molar-refractivity contribution >= 4 is 23.2 Å². The monoisotopic (exact) mass is 590 g/mol. The second-order valence-corrected chi connectivity index (χ2v) is 12.8. The fourth-order valence-electron chi connectivity index (χ4n) is 5.32. The molecule has 1 saturated carbocycles. The van der Waals surface area contributed by atoms with Gasteiger partial charge in [0.15, 0.2) is 6.04 Å². The number of alkyl halides is 3. The Morgan fingerprint density at radius 3 is 2.39 bits per heavy atom. The predicted molar refractivity (Wildman–Crippen MR) is 146 cm³/mol. The Balaban J connectivity index is 1.38. The summed E-state index contributed by atoms with van der Waals surface area (Å²) in [6.07, 6.45) is -2.29. The Hall–Kier alpha value is -3.32. The maximum atomic E-state index is 14.2. The number of hydrogen-bond acceptors (Lipinski definition) is 7. The number of thiazole rings is 1. The number of carbonyl (C=O) groups excluding carboxylic acids is 2. The lowest BCUT2D eigenvalue weighted by Crippen LogP contribution is -2.52. The number of β-amino-alcohol motifs (C(OH)–C–C–N with tert-alkyl or cyclic N) is 1. The number of hydrogen-bond donors (Lipinski definition) is 2. The number of aliphatic hydroxyl groups is 1. The van der Waals surface area contributed by atoms with Crippen molar-refractivity contribution in [3.63, 3.8) is 0 Å². The minimum atomic E-state index is -4.79. The van der Waals surface area contributed by atoms with Crippen LogP contribution in [0.25, 0.3) is 10.4 Å². The van der Waals surface area contributed by atoms with Gasteiger partial charge in [-0.3, -0.25) is 9.59 Å². The second kappa shape index (κ2) is 10.8. The van der Waals surface area contributed by atoms with Gasteiger partial charge in [-0.2, -0.15) is 13.2 Å². The van der Waals surface area contributed by atoms with E-state index in [9.17, 15) is 27.9 Å². The third-order valence-electron chi connectivity index (χ3n) is 7.57. The highest BCUT2D eigenvalue weighted by Gasteiger charge is 2.48. The minimum Gasteiger partial charge on any atom is -0.391 e. The molecule has 220 valence electrons. The van der Waals surface area contributed by atoms with Gasteiger partial charge in [0.05, 0.1) is 27.9 Å². The van der Waals surface area contributed by atoms with Gasteiger partial charge >= 0.3 is 6.18 Å². The van der Waals surface area contributed by atoms with Crippen molar-refractivity contribution < 1.29 is 27.9 Å². The van der Waals surface area contributed by atoms with E-state index < -0.39 is 47.6 Å². The molecular weight excluding hydrogens is 557 g/mol. The van der Waals surface area contributed by atoms with E-state index in [4.69, 9.17) is 0 Å². The number of halogens is 3. The fraction of sp³-hybridized carbons (Fsp3) is 0.536. The topological polar surface area (TPSA) is 113 Å². The summed E-state index contributed by atoms with van der Waals surface area (Å²) < 4.78 is 44.2. The number of benzene rings is 1. The van der Waals surface area contributed by atoms with Crippen molar-refractivity contribution in [3.05, 3.63) is 52.9 Å². The molecule has 3 heterocycles. The lowest BCUT2D eigenvalue weighted by atomic mass is 9.85. The summed E-state index contributed by atoms with van der Waals surface area (Å²) in [6.45, 7) is 7.17. The average Bonchev–Trinajstić information content (AvgIpc) is 3.26. The molecule has 4 atom stereocenters. The standard InChI is InChI=1S/C28H33F3N6O3S/c1-15-22(41-14-32-15)17-7-9-18(10-8-17)23(28(29,30)31)33-25(39)21-11-19(38)12-36(21)26(40)24(27(2,3)4)37-13-20(34-35-37)16-5-6-16/h7-10,13-14,16,19,21,23-24,38H,5-6,11-12H2,1-4H3,(H,33,39)/t19-,21+,23-,24-/m1/s1. The molecule has 0 radical (unpaired) electrons. The minimum absolute atomic E-state index is 0.143. The van der Waals surface area contributed by atoms with Crippen molar-refractivity contribution in [3.8, 4) is 10.4 Å². The smallest absolute Gasteiger partial charge is 0.391 e. The van der Waals surface area contributed by atoms with Crippen LogP contribution in [0.5, 0.6) is 0 Å². The molecule has 1 aliphatic carbocycles. The van der Waals surface area contributed by atoms with E-state index in [1.165, 1.54) is 33.1 Å². The second-order valence-electron chi connectivity index (χ2n) is 11.9. The molecule has 3 aromatic rings. The number of likely N-dealkylation sites (tertiary alicyclic amines) is 1. The van der Waals surface area contributed by atoms with Crippen molar-refractivity contribution in [2.75, 3.05) is 6.54 Å². The van der Waals surface area contributed by atoms with E-state index in [-0.39, 0.29) is 18.5 Å². The van der Waals surface area contributed by atoms with Gasteiger partial charge in [0.1, 0.15) is 12.1 Å². The van der Waals surface area contributed by atoms with Crippen LogP contribution >= 0.6 is 11.3 Å². The molecule has 0 unspecified atom stereocenters. The highest BCUT2D eigenvalue weighted by atomic mass is 32.1. The van der Waals surface area contributed by atoms with Crippen LogP contribution in [0.2, 0.25) is 0 Å². The van der Waals surface area contributed by atoms with Gasteiger partial charge in [-0.15, -0.1) is 16.4 Å². The maximum absolute atomic E-state index is 14.2. The van der Waals surface area contributed by atoms with E-state index in [2.05, 4.69) is 20.6 Å². The number of carbonyl (C=O) groups is 2. The van der Waals surface area contributed by atoms with Crippen LogP contribution in [0, 0.1) is 12.3 Å². The fourth-order valence-corrected chi connectivity index (χ4v) is 6.14. The molecule has 13 heteroatoms. The largest absolute Gasteiger partial charge is 0.412 e. The number of aryl methyl sites for hydroxylation is 1. The van der Waals surface area contributed by atoms with Crippen molar-refractivity contribution in [2.24, 2.45) is 5.41 Å². The van der Waals surface area contributed by atoms with Crippen LogP contribution in [0.3, 0.4) is 0 Å². The summed E-state index contributed by atoms with van der Waals surface area (Å²) in [5, 5.41) is 20.9. The zero-order valence-corrected chi connectivity index (χ0v) is 24.0. The summed E-state index contributed by atoms with van der Waals surface area (Å²) in [7, 11) is 0. The number of nitrogens with zero attached hydrogens (tertiary/aromatic N) is 5.